The normalized spacial score (nSPS) is 17.5. The second-order valence-electron chi connectivity index (χ2n) is 4.91. The van der Waals surface area contributed by atoms with Gasteiger partial charge in [-0.2, -0.15) is 0 Å². The summed E-state index contributed by atoms with van der Waals surface area (Å²) in [5.41, 5.74) is 0.783. The Morgan fingerprint density at radius 1 is 1.32 bits per heavy atom. The minimum atomic E-state index is -2.88. The lowest BCUT2D eigenvalue weighted by atomic mass is 10.0. The lowest BCUT2D eigenvalue weighted by Crippen LogP contribution is -2.42. The SMILES string of the molecule is COc1c(CN2CCNCC2)cccc1C(C)(F)F. The highest BCUT2D eigenvalue weighted by molar-refractivity contribution is 5.43. The van der Waals surface area contributed by atoms with Gasteiger partial charge in [0.25, 0.3) is 5.92 Å². The number of benzene rings is 1. The van der Waals surface area contributed by atoms with Crippen LogP contribution in [0.4, 0.5) is 8.78 Å². The van der Waals surface area contributed by atoms with Crippen molar-refractivity contribution in [3.63, 3.8) is 0 Å². The molecule has 19 heavy (non-hydrogen) atoms. The Hall–Kier alpha value is -1.20. The number of para-hydroxylation sites is 1. The molecule has 2 rings (SSSR count). The van der Waals surface area contributed by atoms with Gasteiger partial charge in [0, 0.05) is 45.2 Å². The van der Waals surface area contributed by atoms with Gasteiger partial charge in [-0.15, -0.1) is 0 Å². The second-order valence-corrected chi connectivity index (χ2v) is 4.91. The van der Waals surface area contributed by atoms with E-state index >= 15 is 0 Å². The molecule has 0 unspecified atom stereocenters. The molecule has 1 aliphatic rings. The molecule has 0 radical (unpaired) electrons. The first-order valence-electron chi connectivity index (χ1n) is 6.49. The molecule has 1 N–H and O–H groups in total. The maximum atomic E-state index is 13.6. The van der Waals surface area contributed by atoms with E-state index in [-0.39, 0.29) is 5.56 Å². The number of hydrogen-bond donors (Lipinski definition) is 1. The number of methoxy groups -OCH3 is 1. The summed E-state index contributed by atoms with van der Waals surface area (Å²) in [6, 6.07) is 4.96. The van der Waals surface area contributed by atoms with Crippen molar-refractivity contribution < 1.29 is 13.5 Å². The molecule has 0 amide bonds. The molecular formula is C14H20F2N2O. The second kappa shape index (κ2) is 5.84. The van der Waals surface area contributed by atoms with Gasteiger partial charge in [-0.05, 0) is 6.07 Å². The molecule has 0 bridgehead atoms. The van der Waals surface area contributed by atoms with Crippen LogP contribution in [0.15, 0.2) is 18.2 Å². The minimum Gasteiger partial charge on any atom is -0.496 e. The van der Waals surface area contributed by atoms with Gasteiger partial charge in [0.05, 0.1) is 12.7 Å². The van der Waals surface area contributed by atoms with Crippen LogP contribution in [0.2, 0.25) is 0 Å². The van der Waals surface area contributed by atoms with Crippen molar-refractivity contribution in [3.05, 3.63) is 29.3 Å². The van der Waals surface area contributed by atoms with E-state index in [1.165, 1.54) is 13.2 Å². The predicted molar refractivity (Wildman–Crippen MR) is 70.7 cm³/mol. The molecule has 1 aliphatic heterocycles. The Bertz CT molecular complexity index is 426. The largest absolute Gasteiger partial charge is 0.496 e. The molecule has 5 heteroatoms. The number of piperazine rings is 1. The summed E-state index contributed by atoms with van der Waals surface area (Å²) in [4.78, 5) is 2.24. The highest BCUT2D eigenvalue weighted by Crippen LogP contribution is 2.36. The monoisotopic (exact) mass is 270 g/mol. The molecule has 0 spiro atoms. The van der Waals surface area contributed by atoms with Gasteiger partial charge in [-0.1, -0.05) is 12.1 Å². The quantitative estimate of drug-likeness (QED) is 0.908. The summed E-state index contributed by atoms with van der Waals surface area (Å²) < 4.78 is 32.3. The van der Waals surface area contributed by atoms with Crippen LogP contribution in [0.25, 0.3) is 0 Å². The van der Waals surface area contributed by atoms with E-state index in [2.05, 4.69) is 10.2 Å². The van der Waals surface area contributed by atoms with Gasteiger partial charge in [-0.3, -0.25) is 4.90 Å². The Morgan fingerprint density at radius 2 is 2.00 bits per heavy atom. The number of alkyl halides is 2. The van der Waals surface area contributed by atoms with E-state index < -0.39 is 5.92 Å². The highest BCUT2D eigenvalue weighted by atomic mass is 19.3. The molecule has 0 aliphatic carbocycles. The van der Waals surface area contributed by atoms with Crippen LogP contribution in [0, 0.1) is 0 Å². The predicted octanol–water partition coefficient (Wildman–Crippen LogP) is 2.21. The Balaban J connectivity index is 2.24. The summed E-state index contributed by atoms with van der Waals surface area (Å²) in [5, 5.41) is 3.27. The van der Waals surface area contributed by atoms with Crippen LogP contribution in [0.5, 0.6) is 5.75 Å². The maximum Gasteiger partial charge on any atom is 0.274 e. The van der Waals surface area contributed by atoms with Crippen molar-refractivity contribution in [3.8, 4) is 5.75 Å². The lowest BCUT2D eigenvalue weighted by molar-refractivity contribution is 0.0148. The van der Waals surface area contributed by atoms with Crippen LogP contribution in [0.1, 0.15) is 18.1 Å². The van der Waals surface area contributed by atoms with Crippen LogP contribution < -0.4 is 10.1 Å². The van der Waals surface area contributed by atoms with Gasteiger partial charge < -0.3 is 10.1 Å². The summed E-state index contributed by atoms with van der Waals surface area (Å²) >= 11 is 0. The molecule has 1 heterocycles. The minimum absolute atomic E-state index is 0.0392. The maximum absolute atomic E-state index is 13.6. The summed E-state index contributed by atoms with van der Waals surface area (Å²) in [6.45, 7) is 5.28. The first-order chi connectivity index (χ1) is 9.02. The zero-order valence-electron chi connectivity index (χ0n) is 11.4. The first kappa shape index (κ1) is 14.2. The summed E-state index contributed by atoms with van der Waals surface area (Å²) in [5.74, 6) is -2.57. The molecule has 0 aromatic heterocycles. The van der Waals surface area contributed by atoms with Gasteiger partial charge in [0.1, 0.15) is 5.75 Å². The number of rotatable bonds is 4. The number of nitrogens with zero attached hydrogens (tertiary/aromatic N) is 1. The third-order valence-corrected chi connectivity index (χ3v) is 3.38. The zero-order valence-corrected chi connectivity index (χ0v) is 11.4. The summed E-state index contributed by atoms with van der Waals surface area (Å²) in [6.07, 6.45) is 0. The summed E-state index contributed by atoms with van der Waals surface area (Å²) in [7, 11) is 1.45. The zero-order chi connectivity index (χ0) is 13.9. The molecule has 1 aromatic carbocycles. The van der Waals surface area contributed by atoms with Gasteiger partial charge in [0.2, 0.25) is 0 Å². The third kappa shape index (κ3) is 3.42. The number of nitrogens with one attached hydrogen (secondary N) is 1. The van der Waals surface area contributed by atoms with Crippen LogP contribution in [-0.2, 0) is 12.5 Å². The number of hydrogen-bond acceptors (Lipinski definition) is 3. The van der Waals surface area contributed by atoms with Crippen molar-refractivity contribution >= 4 is 0 Å². The van der Waals surface area contributed by atoms with Crippen LogP contribution in [-0.4, -0.2) is 38.2 Å². The smallest absolute Gasteiger partial charge is 0.274 e. The lowest BCUT2D eigenvalue weighted by Gasteiger charge is -2.28. The fourth-order valence-electron chi connectivity index (χ4n) is 2.41. The number of halogens is 2. The fraction of sp³-hybridized carbons (Fsp3) is 0.571. The Labute approximate surface area is 112 Å². The molecule has 1 saturated heterocycles. The van der Waals surface area contributed by atoms with Gasteiger partial charge in [-0.25, -0.2) is 8.78 Å². The van der Waals surface area contributed by atoms with E-state index in [0.29, 0.717) is 12.3 Å². The Morgan fingerprint density at radius 3 is 2.58 bits per heavy atom. The van der Waals surface area contributed by atoms with Crippen molar-refractivity contribution in [2.45, 2.75) is 19.4 Å². The molecule has 106 valence electrons. The van der Waals surface area contributed by atoms with Crippen LogP contribution >= 0.6 is 0 Å². The average molecular weight is 270 g/mol. The van der Waals surface area contributed by atoms with E-state index in [1.54, 1.807) is 6.07 Å². The van der Waals surface area contributed by atoms with E-state index in [9.17, 15) is 8.78 Å². The Kier molecular flexibility index (Phi) is 4.37. The molecule has 1 fully saturated rings. The van der Waals surface area contributed by atoms with Crippen molar-refractivity contribution in [2.75, 3.05) is 33.3 Å². The van der Waals surface area contributed by atoms with Gasteiger partial charge in [0.15, 0.2) is 0 Å². The first-order valence-corrected chi connectivity index (χ1v) is 6.49. The fourth-order valence-corrected chi connectivity index (χ4v) is 2.41. The third-order valence-electron chi connectivity index (χ3n) is 3.38. The van der Waals surface area contributed by atoms with E-state index in [4.69, 9.17) is 4.74 Å². The highest BCUT2D eigenvalue weighted by Gasteiger charge is 2.29. The molecule has 3 nitrogen and oxygen atoms in total. The van der Waals surface area contributed by atoms with E-state index in [0.717, 1.165) is 38.7 Å². The topological polar surface area (TPSA) is 24.5 Å². The van der Waals surface area contributed by atoms with E-state index in [1.807, 2.05) is 6.07 Å². The van der Waals surface area contributed by atoms with Crippen molar-refractivity contribution in [2.24, 2.45) is 0 Å². The molecule has 1 aromatic rings. The van der Waals surface area contributed by atoms with Crippen LogP contribution in [0.3, 0.4) is 0 Å². The molecule has 0 saturated carbocycles. The van der Waals surface area contributed by atoms with Crippen molar-refractivity contribution in [1.29, 1.82) is 0 Å². The van der Waals surface area contributed by atoms with Crippen molar-refractivity contribution in [1.82, 2.24) is 10.2 Å². The molecule has 0 atom stereocenters. The standard InChI is InChI=1S/C14H20F2N2O/c1-14(15,16)12-5-3-4-11(13(12)19-2)10-18-8-6-17-7-9-18/h3-5,17H,6-10H2,1-2H3. The van der Waals surface area contributed by atoms with Gasteiger partial charge >= 0.3 is 0 Å². The molecular weight excluding hydrogens is 250 g/mol. The average Bonchev–Trinajstić information content (AvgIpc) is 2.38. The number of ether oxygens (including phenoxy) is 1.